The van der Waals surface area contributed by atoms with Crippen LogP contribution in [0.1, 0.15) is 23.5 Å². The summed E-state index contributed by atoms with van der Waals surface area (Å²) < 4.78 is 15.8. The molecule has 0 radical (unpaired) electrons. The molecule has 4 N–H and O–H groups in total. The molecule has 2 rings (SSSR count). The predicted molar refractivity (Wildman–Crippen MR) is 64.8 cm³/mol. The van der Waals surface area contributed by atoms with Gasteiger partial charge in [-0.15, -0.1) is 0 Å². The first-order chi connectivity index (χ1) is 7.56. The van der Waals surface area contributed by atoms with Crippen LogP contribution in [0.15, 0.2) is 30.3 Å². The summed E-state index contributed by atoms with van der Waals surface area (Å²) in [5.74, 6) is 0.308. The van der Waals surface area contributed by atoms with E-state index >= 15 is 0 Å². The normalized spacial score (nSPS) is 18.8. The number of nitrogens with two attached hydrogens (primary N) is 2. The zero-order valence-electron chi connectivity index (χ0n) is 8.87. The van der Waals surface area contributed by atoms with Crippen molar-refractivity contribution < 1.29 is 9.09 Å². The molecule has 16 heavy (non-hydrogen) atoms. The van der Waals surface area contributed by atoms with E-state index in [-0.39, 0.29) is 0 Å². The Kier molecular flexibility index (Phi) is 3.26. The smallest absolute Gasteiger partial charge is 0.306 e. The summed E-state index contributed by atoms with van der Waals surface area (Å²) in [4.78, 5) is 0. The minimum atomic E-state index is -3.33. The van der Waals surface area contributed by atoms with Crippen molar-refractivity contribution in [2.45, 2.75) is 12.3 Å². The van der Waals surface area contributed by atoms with Gasteiger partial charge in [-0.2, -0.15) is 0 Å². The van der Waals surface area contributed by atoms with Gasteiger partial charge in [-0.3, -0.25) is 4.57 Å². The lowest BCUT2D eigenvalue weighted by molar-refractivity contribution is 0.303. The van der Waals surface area contributed by atoms with Crippen molar-refractivity contribution in [3.8, 4) is 0 Å². The Morgan fingerprint density at radius 2 is 2.06 bits per heavy atom. The molecular formula is C11H15N2O2P. The molecule has 0 aromatic heterocycles. The number of benzene rings is 1. The average molecular weight is 238 g/mol. The van der Waals surface area contributed by atoms with Crippen LogP contribution in [0.2, 0.25) is 0 Å². The van der Waals surface area contributed by atoms with E-state index in [0.29, 0.717) is 12.5 Å². The Bertz CT molecular complexity index is 453. The first kappa shape index (κ1) is 11.6. The lowest BCUT2D eigenvalue weighted by Gasteiger charge is -2.12. The highest BCUT2D eigenvalue weighted by molar-refractivity contribution is 7.53. The van der Waals surface area contributed by atoms with Gasteiger partial charge in [0.05, 0.1) is 6.61 Å². The van der Waals surface area contributed by atoms with Gasteiger partial charge in [0.2, 0.25) is 0 Å². The summed E-state index contributed by atoms with van der Waals surface area (Å²) in [6.07, 6.45) is 4.95. The summed E-state index contributed by atoms with van der Waals surface area (Å²) in [5.41, 5.74) is 12.7. The molecule has 0 heterocycles. The first-order valence-corrected chi connectivity index (χ1v) is 6.91. The maximum Gasteiger partial charge on any atom is 0.335 e. The summed E-state index contributed by atoms with van der Waals surface area (Å²) in [7, 11) is -3.33. The molecule has 1 unspecified atom stereocenters. The van der Waals surface area contributed by atoms with Gasteiger partial charge in [0.1, 0.15) is 0 Å². The number of allylic oxidation sites excluding steroid dienone is 1. The molecule has 1 aromatic carbocycles. The Morgan fingerprint density at radius 3 is 2.81 bits per heavy atom. The zero-order chi connectivity index (χ0) is 11.6. The van der Waals surface area contributed by atoms with E-state index in [4.69, 9.17) is 15.5 Å². The molecule has 0 bridgehead atoms. The van der Waals surface area contributed by atoms with Crippen molar-refractivity contribution in [1.29, 1.82) is 0 Å². The van der Waals surface area contributed by atoms with Gasteiger partial charge in [0.15, 0.2) is 0 Å². The number of hydrogen-bond acceptors (Lipinski definition) is 2. The van der Waals surface area contributed by atoms with E-state index in [0.717, 1.165) is 6.42 Å². The standard InChI is InChI=1S/C11H15N2O2P/c12-16(13,14)15-8-7-10-6-5-9-3-1-2-4-11(9)10/h1-6,10H,7-8H2,(H4,12,13,14). The van der Waals surface area contributed by atoms with Crippen LogP contribution in [0.4, 0.5) is 0 Å². The van der Waals surface area contributed by atoms with Crippen molar-refractivity contribution in [3.05, 3.63) is 41.5 Å². The number of hydrogen-bond donors (Lipinski definition) is 2. The van der Waals surface area contributed by atoms with Crippen molar-refractivity contribution in [1.82, 2.24) is 0 Å². The van der Waals surface area contributed by atoms with Crippen molar-refractivity contribution in [2.75, 3.05) is 6.61 Å². The topological polar surface area (TPSA) is 78.3 Å². The number of rotatable bonds is 4. The molecule has 0 aliphatic heterocycles. The third kappa shape index (κ3) is 2.80. The highest BCUT2D eigenvalue weighted by atomic mass is 31.2. The highest BCUT2D eigenvalue weighted by Crippen LogP contribution is 2.34. The maximum absolute atomic E-state index is 10.9. The number of fused-ring (bicyclic) bond motifs is 1. The molecule has 5 heteroatoms. The third-order valence-corrected chi connectivity index (χ3v) is 3.21. The SMILES string of the molecule is NP(N)(=O)OCCC1C=Cc2ccccc21. The van der Waals surface area contributed by atoms with Crippen LogP contribution in [0.25, 0.3) is 6.08 Å². The van der Waals surface area contributed by atoms with E-state index in [2.05, 4.69) is 24.3 Å². The molecule has 86 valence electrons. The van der Waals surface area contributed by atoms with Gasteiger partial charge >= 0.3 is 7.67 Å². The Hall–Kier alpha value is -0.930. The fourth-order valence-corrected chi connectivity index (χ4v) is 2.29. The molecule has 1 atom stereocenters. The van der Waals surface area contributed by atoms with Gasteiger partial charge in [0.25, 0.3) is 0 Å². The second-order valence-electron chi connectivity index (χ2n) is 3.86. The molecule has 1 aromatic rings. The van der Waals surface area contributed by atoms with Gasteiger partial charge < -0.3 is 4.52 Å². The minimum Gasteiger partial charge on any atom is -0.306 e. The van der Waals surface area contributed by atoms with Crippen LogP contribution >= 0.6 is 7.67 Å². The van der Waals surface area contributed by atoms with Crippen LogP contribution in [0.3, 0.4) is 0 Å². The van der Waals surface area contributed by atoms with Crippen LogP contribution in [-0.4, -0.2) is 6.61 Å². The first-order valence-electron chi connectivity index (χ1n) is 5.15. The third-order valence-electron chi connectivity index (χ3n) is 2.63. The molecule has 0 fully saturated rings. The predicted octanol–water partition coefficient (Wildman–Crippen LogP) is 2.23. The summed E-state index contributed by atoms with van der Waals surface area (Å²) in [5, 5.41) is 0. The van der Waals surface area contributed by atoms with E-state index in [1.54, 1.807) is 0 Å². The quantitative estimate of drug-likeness (QED) is 0.788. The Labute approximate surface area is 94.8 Å². The second kappa shape index (κ2) is 4.52. The molecular weight excluding hydrogens is 223 g/mol. The fourth-order valence-electron chi connectivity index (χ4n) is 1.90. The van der Waals surface area contributed by atoms with Crippen LogP contribution in [0.5, 0.6) is 0 Å². The summed E-state index contributed by atoms with van der Waals surface area (Å²) >= 11 is 0. The molecule has 0 amide bonds. The van der Waals surface area contributed by atoms with Gasteiger partial charge in [0, 0.05) is 5.92 Å². The van der Waals surface area contributed by atoms with Gasteiger partial charge in [-0.25, -0.2) is 11.0 Å². The summed E-state index contributed by atoms with van der Waals surface area (Å²) in [6.45, 7) is 0.313. The molecule has 0 saturated heterocycles. The minimum absolute atomic E-state index is 0.308. The zero-order valence-corrected chi connectivity index (χ0v) is 9.77. The maximum atomic E-state index is 10.9. The van der Waals surface area contributed by atoms with Crippen LogP contribution in [0, 0.1) is 0 Å². The monoisotopic (exact) mass is 238 g/mol. The second-order valence-corrected chi connectivity index (χ2v) is 5.41. The fraction of sp³-hybridized carbons (Fsp3) is 0.273. The van der Waals surface area contributed by atoms with Crippen LogP contribution in [-0.2, 0) is 9.09 Å². The van der Waals surface area contributed by atoms with Crippen LogP contribution < -0.4 is 11.0 Å². The van der Waals surface area contributed by atoms with E-state index in [1.165, 1.54) is 11.1 Å². The molecule has 0 spiro atoms. The Morgan fingerprint density at radius 1 is 1.31 bits per heavy atom. The lowest BCUT2D eigenvalue weighted by atomic mass is 9.98. The average Bonchev–Trinajstić information content (AvgIpc) is 2.60. The van der Waals surface area contributed by atoms with E-state index < -0.39 is 7.67 Å². The molecule has 1 aliphatic rings. The Balaban J connectivity index is 1.94. The largest absolute Gasteiger partial charge is 0.335 e. The molecule has 1 aliphatic carbocycles. The highest BCUT2D eigenvalue weighted by Gasteiger charge is 2.17. The van der Waals surface area contributed by atoms with Crippen molar-refractivity contribution in [3.63, 3.8) is 0 Å². The van der Waals surface area contributed by atoms with E-state index in [1.807, 2.05) is 12.1 Å². The van der Waals surface area contributed by atoms with Crippen molar-refractivity contribution >= 4 is 13.7 Å². The van der Waals surface area contributed by atoms with Gasteiger partial charge in [-0.05, 0) is 17.5 Å². The lowest BCUT2D eigenvalue weighted by Crippen LogP contribution is -2.10. The molecule has 4 nitrogen and oxygen atoms in total. The van der Waals surface area contributed by atoms with E-state index in [9.17, 15) is 4.57 Å². The molecule has 0 saturated carbocycles. The summed E-state index contributed by atoms with van der Waals surface area (Å²) in [6, 6.07) is 8.18. The van der Waals surface area contributed by atoms with Crippen molar-refractivity contribution in [2.24, 2.45) is 11.0 Å². The van der Waals surface area contributed by atoms with Gasteiger partial charge in [-0.1, -0.05) is 36.4 Å².